The minimum Gasteiger partial charge on any atom is -0.489 e. The quantitative estimate of drug-likeness (QED) is 0.714. The van der Waals surface area contributed by atoms with Gasteiger partial charge in [-0.05, 0) is 37.1 Å². The number of aryl methyl sites for hydroxylation is 2. The first-order valence-electron chi connectivity index (χ1n) is 7.09. The molecule has 0 N–H and O–H groups in total. The van der Waals surface area contributed by atoms with E-state index in [1.54, 1.807) is 14.2 Å². The van der Waals surface area contributed by atoms with Crippen molar-refractivity contribution in [3.05, 3.63) is 63.7 Å². The fourth-order valence-corrected chi connectivity index (χ4v) is 2.55. The molecule has 0 aromatic heterocycles. The van der Waals surface area contributed by atoms with Gasteiger partial charge in [-0.15, -0.1) is 0 Å². The minimum absolute atomic E-state index is 0.364. The van der Waals surface area contributed by atoms with Gasteiger partial charge in [0.05, 0.1) is 0 Å². The van der Waals surface area contributed by atoms with Crippen molar-refractivity contribution in [3.8, 4) is 5.75 Å². The molecule has 2 rings (SSSR count). The van der Waals surface area contributed by atoms with Gasteiger partial charge in [-0.25, -0.2) is 0 Å². The highest BCUT2D eigenvalue weighted by Gasteiger charge is 2.17. The summed E-state index contributed by atoms with van der Waals surface area (Å²) in [6.45, 7) is 4.43. The molecule has 2 aromatic carbocycles. The first kappa shape index (κ1) is 16.8. The van der Waals surface area contributed by atoms with Gasteiger partial charge in [-0.3, -0.25) is 0 Å². The van der Waals surface area contributed by atoms with Crippen LogP contribution in [0.1, 0.15) is 28.5 Å². The van der Waals surface area contributed by atoms with Crippen molar-refractivity contribution in [1.82, 2.24) is 0 Å². The lowest BCUT2D eigenvalue weighted by Gasteiger charge is -2.19. The third-order valence-electron chi connectivity index (χ3n) is 3.55. The number of methoxy groups -OCH3 is 2. The molecule has 0 unspecified atom stereocenters. The Morgan fingerprint density at radius 2 is 1.77 bits per heavy atom. The van der Waals surface area contributed by atoms with Crippen LogP contribution in [0.2, 0.25) is 5.02 Å². The Balaban J connectivity index is 2.27. The molecule has 22 heavy (non-hydrogen) atoms. The van der Waals surface area contributed by atoms with Gasteiger partial charge in [0.2, 0.25) is 0 Å². The molecule has 0 atom stereocenters. The van der Waals surface area contributed by atoms with Crippen LogP contribution in [0.25, 0.3) is 0 Å². The molecular weight excluding hydrogens is 300 g/mol. The van der Waals surface area contributed by atoms with Gasteiger partial charge < -0.3 is 14.2 Å². The summed E-state index contributed by atoms with van der Waals surface area (Å²) in [6, 6.07) is 11.8. The van der Waals surface area contributed by atoms with Crippen LogP contribution < -0.4 is 4.74 Å². The summed E-state index contributed by atoms with van der Waals surface area (Å²) in [5.74, 6) is 0.859. The van der Waals surface area contributed by atoms with Gasteiger partial charge in [0.25, 0.3) is 0 Å². The Morgan fingerprint density at radius 3 is 2.45 bits per heavy atom. The third-order valence-corrected chi connectivity index (χ3v) is 3.91. The second kappa shape index (κ2) is 7.63. The smallest absolute Gasteiger partial charge is 0.183 e. The van der Waals surface area contributed by atoms with Crippen molar-refractivity contribution in [1.29, 1.82) is 0 Å². The standard InChI is InChI=1S/C18H21ClO3/c1-12-8-9-13(2)17(10-12)22-11-15-14(18(20-3)21-4)6-5-7-16(15)19/h5-10,18H,11H2,1-4H3. The van der Waals surface area contributed by atoms with E-state index < -0.39 is 6.29 Å². The largest absolute Gasteiger partial charge is 0.489 e. The molecule has 0 aliphatic heterocycles. The van der Waals surface area contributed by atoms with Crippen molar-refractivity contribution >= 4 is 11.6 Å². The van der Waals surface area contributed by atoms with Crippen LogP contribution in [0.3, 0.4) is 0 Å². The summed E-state index contributed by atoms with van der Waals surface area (Å²) >= 11 is 6.33. The Bertz CT molecular complexity index is 636. The maximum Gasteiger partial charge on any atom is 0.183 e. The fourth-order valence-electron chi connectivity index (χ4n) is 2.31. The van der Waals surface area contributed by atoms with E-state index in [2.05, 4.69) is 6.07 Å². The van der Waals surface area contributed by atoms with Gasteiger partial charge in [-0.1, -0.05) is 35.9 Å². The number of hydrogen-bond acceptors (Lipinski definition) is 3. The summed E-state index contributed by atoms with van der Waals surface area (Å²) in [6.07, 6.45) is -0.462. The second-order valence-corrected chi connectivity index (χ2v) is 5.58. The molecule has 4 heteroatoms. The van der Waals surface area contributed by atoms with Gasteiger partial charge >= 0.3 is 0 Å². The molecule has 0 saturated carbocycles. The lowest BCUT2D eigenvalue weighted by atomic mass is 10.1. The van der Waals surface area contributed by atoms with E-state index in [1.165, 1.54) is 0 Å². The van der Waals surface area contributed by atoms with E-state index in [0.717, 1.165) is 28.0 Å². The van der Waals surface area contributed by atoms with Gasteiger partial charge in [0.1, 0.15) is 12.4 Å². The molecule has 0 amide bonds. The lowest BCUT2D eigenvalue weighted by Crippen LogP contribution is -2.10. The molecule has 0 heterocycles. The zero-order valence-corrected chi connectivity index (χ0v) is 14.1. The van der Waals surface area contributed by atoms with Crippen molar-refractivity contribution in [2.45, 2.75) is 26.7 Å². The van der Waals surface area contributed by atoms with Gasteiger partial charge in [-0.2, -0.15) is 0 Å². The zero-order chi connectivity index (χ0) is 16.1. The molecule has 0 saturated heterocycles. The van der Waals surface area contributed by atoms with Crippen LogP contribution >= 0.6 is 11.6 Å². The Kier molecular flexibility index (Phi) is 5.83. The summed E-state index contributed by atoms with van der Waals surface area (Å²) in [4.78, 5) is 0. The van der Waals surface area contributed by atoms with E-state index in [9.17, 15) is 0 Å². The van der Waals surface area contributed by atoms with E-state index in [0.29, 0.717) is 11.6 Å². The predicted octanol–water partition coefficient (Wildman–Crippen LogP) is 4.83. The number of rotatable bonds is 6. The van der Waals surface area contributed by atoms with Crippen LogP contribution in [0, 0.1) is 13.8 Å². The van der Waals surface area contributed by atoms with E-state index >= 15 is 0 Å². The SMILES string of the molecule is COC(OC)c1cccc(Cl)c1COc1cc(C)ccc1C. The van der Waals surface area contributed by atoms with Gasteiger partial charge in [0, 0.05) is 30.4 Å². The summed E-state index contributed by atoms with van der Waals surface area (Å²) in [5, 5.41) is 0.641. The van der Waals surface area contributed by atoms with E-state index in [1.807, 2.05) is 44.2 Å². The average molecular weight is 321 g/mol. The molecule has 0 aliphatic carbocycles. The maximum atomic E-state index is 6.33. The Labute approximate surface area is 136 Å². The number of halogens is 1. The molecule has 0 bridgehead atoms. The topological polar surface area (TPSA) is 27.7 Å². The van der Waals surface area contributed by atoms with Crippen molar-refractivity contribution in [2.24, 2.45) is 0 Å². The van der Waals surface area contributed by atoms with Crippen LogP contribution in [-0.4, -0.2) is 14.2 Å². The summed E-state index contributed by atoms with van der Waals surface area (Å²) in [5.41, 5.74) is 4.00. The molecule has 0 aliphatic rings. The number of benzene rings is 2. The van der Waals surface area contributed by atoms with Crippen LogP contribution in [0.15, 0.2) is 36.4 Å². The maximum absolute atomic E-state index is 6.33. The molecule has 0 spiro atoms. The van der Waals surface area contributed by atoms with Crippen LogP contribution in [0.4, 0.5) is 0 Å². The molecule has 2 aromatic rings. The minimum atomic E-state index is -0.462. The third kappa shape index (κ3) is 3.80. The fraction of sp³-hybridized carbons (Fsp3) is 0.333. The molecule has 3 nitrogen and oxygen atoms in total. The average Bonchev–Trinajstić information content (AvgIpc) is 2.51. The molecule has 0 fully saturated rings. The van der Waals surface area contributed by atoms with Crippen LogP contribution in [-0.2, 0) is 16.1 Å². The molecular formula is C18H21ClO3. The Morgan fingerprint density at radius 1 is 1.05 bits per heavy atom. The summed E-state index contributed by atoms with van der Waals surface area (Å²) in [7, 11) is 3.20. The molecule has 0 radical (unpaired) electrons. The number of hydrogen-bond donors (Lipinski definition) is 0. The lowest BCUT2D eigenvalue weighted by molar-refractivity contribution is -0.106. The highest BCUT2D eigenvalue weighted by molar-refractivity contribution is 6.31. The first-order valence-corrected chi connectivity index (χ1v) is 7.47. The van der Waals surface area contributed by atoms with Crippen molar-refractivity contribution in [2.75, 3.05) is 14.2 Å². The highest BCUT2D eigenvalue weighted by atomic mass is 35.5. The summed E-state index contributed by atoms with van der Waals surface area (Å²) < 4.78 is 16.6. The monoisotopic (exact) mass is 320 g/mol. The normalized spacial score (nSPS) is 11.0. The highest BCUT2D eigenvalue weighted by Crippen LogP contribution is 2.29. The number of ether oxygens (including phenoxy) is 3. The first-order chi connectivity index (χ1) is 10.6. The molecule has 118 valence electrons. The van der Waals surface area contributed by atoms with E-state index in [4.69, 9.17) is 25.8 Å². The van der Waals surface area contributed by atoms with Gasteiger partial charge in [0.15, 0.2) is 6.29 Å². The van der Waals surface area contributed by atoms with E-state index in [-0.39, 0.29) is 0 Å². The zero-order valence-electron chi connectivity index (χ0n) is 13.4. The van der Waals surface area contributed by atoms with Crippen LogP contribution in [0.5, 0.6) is 5.75 Å². The predicted molar refractivity (Wildman–Crippen MR) is 88.5 cm³/mol. The Hall–Kier alpha value is -1.55. The van der Waals surface area contributed by atoms with Crippen molar-refractivity contribution in [3.63, 3.8) is 0 Å². The second-order valence-electron chi connectivity index (χ2n) is 5.17. The van der Waals surface area contributed by atoms with Crippen molar-refractivity contribution < 1.29 is 14.2 Å².